The van der Waals surface area contributed by atoms with Gasteiger partial charge in [0.15, 0.2) is 0 Å². The van der Waals surface area contributed by atoms with Gasteiger partial charge in [0.1, 0.15) is 11.6 Å². The van der Waals surface area contributed by atoms with E-state index in [0.717, 1.165) is 11.5 Å². The highest BCUT2D eigenvalue weighted by atomic mass is 35.5. The Bertz CT molecular complexity index is 466. The summed E-state index contributed by atoms with van der Waals surface area (Å²) in [6.45, 7) is 0. The van der Waals surface area contributed by atoms with Gasteiger partial charge in [-0.15, -0.1) is 0 Å². The topological polar surface area (TPSA) is 25.8 Å². The Morgan fingerprint density at radius 3 is 2.73 bits per heavy atom. The molecule has 0 saturated carbocycles. The monoisotopic (exact) mass is 262 g/mol. The molecular formula is C9H5Cl2FN2S. The first-order valence-corrected chi connectivity index (χ1v) is 5.60. The molecule has 0 spiro atoms. The second kappa shape index (κ2) is 4.43. The van der Waals surface area contributed by atoms with Gasteiger partial charge < -0.3 is 0 Å². The molecule has 6 heteroatoms. The first-order valence-electron chi connectivity index (χ1n) is 4.08. The van der Waals surface area contributed by atoms with Crippen molar-refractivity contribution >= 4 is 34.7 Å². The van der Waals surface area contributed by atoms with Crippen molar-refractivity contribution in [2.24, 2.45) is 0 Å². The third-order valence-corrected chi connectivity index (χ3v) is 3.03. The van der Waals surface area contributed by atoms with E-state index >= 15 is 0 Å². The van der Waals surface area contributed by atoms with E-state index in [4.69, 9.17) is 23.2 Å². The molecule has 0 N–H and O–H groups in total. The zero-order valence-corrected chi connectivity index (χ0v) is 9.70. The predicted molar refractivity (Wildman–Crippen MR) is 59.1 cm³/mol. The van der Waals surface area contributed by atoms with Crippen LogP contribution in [0.25, 0.3) is 0 Å². The number of aromatic nitrogens is 2. The van der Waals surface area contributed by atoms with Crippen molar-refractivity contribution in [3.8, 4) is 0 Å². The lowest BCUT2D eigenvalue weighted by molar-refractivity contribution is 0.612. The zero-order valence-electron chi connectivity index (χ0n) is 7.38. The smallest absolute Gasteiger partial charge is 0.203 e. The molecule has 0 fully saturated rings. The summed E-state index contributed by atoms with van der Waals surface area (Å²) in [7, 11) is 0. The van der Waals surface area contributed by atoms with Crippen molar-refractivity contribution in [2.75, 3.05) is 0 Å². The molecule has 0 amide bonds. The van der Waals surface area contributed by atoms with E-state index in [2.05, 4.69) is 9.36 Å². The van der Waals surface area contributed by atoms with Crippen molar-refractivity contribution in [3.05, 3.63) is 44.9 Å². The van der Waals surface area contributed by atoms with Crippen LogP contribution < -0.4 is 0 Å². The van der Waals surface area contributed by atoms with E-state index in [1.165, 1.54) is 6.07 Å². The summed E-state index contributed by atoms with van der Waals surface area (Å²) >= 11 is 12.6. The van der Waals surface area contributed by atoms with Crippen molar-refractivity contribution in [1.82, 2.24) is 9.36 Å². The van der Waals surface area contributed by atoms with Gasteiger partial charge in [-0.25, -0.2) is 9.37 Å². The second-order valence-corrected chi connectivity index (χ2v) is 4.58. The van der Waals surface area contributed by atoms with Crippen LogP contribution in [-0.2, 0) is 6.42 Å². The summed E-state index contributed by atoms with van der Waals surface area (Å²) in [6.07, 6.45) is 0.259. The van der Waals surface area contributed by atoms with Crippen LogP contribution in [0.3, 0.4) is 0 Å². The quantitative estimate of drug-likeness (QED) is 0.827. The Labute approximate surface area is 99.8 Å². The zero-order chi connectivity index (χ0) is 10.8. The third-order valence-electron chi connectivity index (χ3n) is 1.84. The average Bonchev–Trinajstić information content (AvgIpc) is 2.58. The molecule has 15 heavy (non-hydrogen) atoms. The van der Waals surface area contributed by atoms with Crippen molar-refractivity contribution in [1.29, 1.82) is 0 Å². The lowest BCUT2D eigenvalue weighted by Gasteiger charge is -2.02. The highest BCUT2D eigenvalue weighted by Crippen LogP contribution is 2.22. The normalized spacial score (nSPS) is 10.6. The van der Waals surface area contributed by atoms with E-state index in [1.807, 2.05) is 0 Å². The second-order valence-electron chi connectivity index (χ2n) is 2.84. The Balaban J connectivity index is 2.31. The lowest BCUT2D eigenvalue weighted by atomic mass is 10.1. The molecule has 2 aromatic rings. The van der Waals surface area contributed by atoms with E-state index in [-0.39, 0.29) is 12.2 Å². The van der Waals surface area contributed by atoms with Gasteiger partial charge in [-0.1, -0.05) is 17.7 Å². The van der Waals surface area contributed by atoms with Crippen molar-refractivity contribution < 1.29 is 4.39 Å². The van der Waals surface area contributed by atoms with Crippen molar-refractivity contribution in [3.63, 3.8) is 0 Å². The summed E-state index contributed by atoms with van der Waals surface area (Å²) in [5.74, 6) is 0.130. The molecular weight excluding hydrogens is 258 g/mol. The van der Waals surface area contributed by atoms with Gasteiger partial charge in [0, 0.05) is 17.0 Å². The fourth-order valence-corrected chi connectivity index (χ4v) is 2.03. The first-order chi connectivity index (χ1) is 7.16. The van der Waals surface area contributed by atoms with E-state index in [9.17, 15) is 4.39 Å². The molecule has 0 aliphatic rings. The minimum absolute atomic E-state index is 0.259. The third kappa shape index (κ3) is 2.45. The maximum Gasteiger partial charge on any atom is 0.203 e. The lowest BCUT2D eigenvalue weighted by Crippen LogP contribution is -1.95. The van der Waals surface area contributed by atoms with Crippen LogP contribution in [0, 0.1) is 5.82 Å². The minimum Gasteiger partial charge on any atom is -0.208 e. The minimum atomic E-state index is -0.353. The molecule has 0 saturated heterocycles. The summed E-state index contributed by atoms with van der Waals surface area (Å²) < 4.78 is 17.7. The van der Waals surface area contributed by atoms with Gasteiger partial charge in [0.05, 0.1) is 0 Å². The molecule has 78 valence electrons. The Hall–Kier alpha value is -0.710. The van der Waals surface area contributed by atoms with Crippen molar-refractivity contribution in [2.45, 2.75) is 6.42 Å². The van der Waals surface area contributed by atoms with Gasteiger partial charge in [-0.3, -0.25) is 0 Å². The van der Waals surface area contributed by atoms with Crippen LogP contribution in [0.15, 0.2) is 18.2 Å². The standard InChI is InChI=1S/C9H5Cl2FN2S/c10-6-2-1-3-7(12)5(6)4-8-13-9(11)15-14-8/h1-3H,4H2. The highest BCUT2D eigenvalue weighted by Gasteiger charge is 2.10. The van der Waals surface area contributed by atoms with Gasteiger partial charge in [0.2, 0.25) is 4.47 Å². The fourth-order valence-electron chi connectivity index (χ4n) is 1.16. The van der Waals surface area contributed by atoms with E-state index in [0.29, 0.717) is 20.9 Å². The summed E-state index contributed by atoms with van der Waals surface area (Å²) in [4.78, 5) is 3.94. The van der Waals surface area contributed by atoms with Crippen LogP contribution >= 0.6 is 34.7 Å². The Kier molecular flexibility index (Phi) is 3.19. The molecule has 0 bridgehead atoms. The maximum atomic E-state index is 13.4. The first kappa shape index (κ1) is 10.8. The van der Waals surface area contributed by atoms with Gasteiger partial charge in [-0.05, 0) is 35.3 Å². The molecule has 0 aliphatic carbocycles. The molecule has 1 heterocycles. The molecule has 2 rings (SSSR count). The maximum absolute atomic E-state index is 13.4. The van der Waals surface area contributed by atoms with Gasteiger partial charge in [-0.2, -0.15) is 4.37 Å². The molecule has 1 aromatic heterocycles. The van der Waals surface area contributed by atoms with Crippen LogP contribution in [0.2, 0.25) is 9.49 Å². The summed E-state index contributed by atoms with van der Waals surface area (Å²) in [6, 6.07) is 4.55. The molecule has 0 aliphatic heterocycles. The largest absolute Gasteiger partial charge is 0.208 e. The Morgan fingerprint density at radius 1 is 1.33 bits per heavy atom. The number of benzene rings is 1. The number of hydrogen-bond acceptors (Lipinski definition) is 3. The van der Waals surface area contributed by atoms with Gasteiger partial charge in [0.25, 0.3) is 0 Å². The fraction of sp³-hybridized carbons (Fsp3) is 0.111. The van der Waals surface area contributed by atoms with Crippen LogP contribution in [0.4, 0.5) is 4.39 Å². The van der Waals surface area contributed by atoms with Crippen LogP contribution in [0.1, 0.15) is 11.4 Å². The average molecular weight is 263 g/mol. The molecule has 0 atom stereocenters. The van der Waals surface area contributed by atoms with E-state index in [1.54, 1.807) is 12.1 Å². The van der Waals surface area contributed by atoms with E-state index < -0.39 is 0 Å². The molecule has 0 radical (unpaired) electrons. The Morgan fingerprint density at radius 2 is 2.13 bits per heavy atom. The number of nitrogens with zero attached hydrogens (tertiary/aromatic N) is 2. The summed E-state index contributed by atoms with van der Waals surface area (Å²) in [5.41, 5.74) is 0.397. The molecule has 2 nitrogen and oxygen atoms in total. The van der Waals surface area contributed by atoms with Crippen LogP contribution in [-0.4, -0.2) is 9.36 Å². The molecule has 1 aromatic carbocycles. The SMILES string of the molecule is Fc1cccc(Cl)c1Cc1nsc(Cl)n1. The number of halogens is 3. The highest BCUT2D eigenvalue weighted by molar-refractivity contribution is 7.10. The van der Waals surface area contributed by atoms with Crippen LogP contribution in [0.5, 0.6) is 0 Å². The van der Waals surface area contributed by atoms with Gasteiger partial charge >= 0.3 is 0 Å². The predicted octanol–water partition coefficient (Wildman–Crippen LogP) is 3.57. The number of rotatable bonds is 2. The molecule has 0 unspecified atom stereocenters. The summed E-state index contributed by atoms with van der Waals surface area (Å²) in [5, 5.41) is 0.376. The number of hydrogen-bond donors (Lipinski definition) is 0.